The Morgan fingerprint density at radius 2 is 2.00 bits per heavy atom. The van der Waals surface area contributed by atoms with Gasteiger partial charge in [-0.1, -0.05) is 12.6 Å². The van der Waals surface area contributed by atoms with Gasteiger partial charge in [0.25, 0.3) is 0 Å². The van der Waals surface area contributed by atoms with Gasteiger partial charge in [0.15, 0.2) is 5.82 Å². The summed E-state index contributed by atoms with van der Waals surface area (Å²) < 4.78 is 29.3. The average Bonchev–Trinajstić information content (AvgIpc) is 2.92. The van der Waals surface area contributed by atoms with Crippen molar-refractivity contribution in [2.24, 2.45) is 0 Å². The predicted octanol–water partition coefficient (Wildman–Crippen LogP) is 1.68. The van der Waals surface area contributed by atoms with Crippen LogP contribution in [0.3, 0.4) is 0 Å². The number of hydrogen-bond donors (Lipinski definition) is 0. The summed E-state index contributed by atoms with van der Waals surface area (Å²) in [7, 11) is 0. The van der Waals surface area contributed by atoms with Crippen LogP contribution in [0.4, 0.5) is 8.78 Å². The van der Waals surface area contributed by atoms with Gasteiger partial charge in [-0.15, -0.1) is 10.2 Å². The molecule has 0 aliphatic carbocycles. The zero-order valence-electron chi connectivity index (χ0n) is 11.8. The van der Waals surface area contributed by atoms with E-state index in [2.05, 4.69) is 16.8 Å². The van der Waals surface area contributed by atoms with E-state index in [1.165, 1.54) is 24.3 Å². The SMILES string of the molecule is C=CC(=O)N1CCn2c(Cc3c(F)cccc3F)nnc2C1. The molecule has 1 aliphatic heterocycles. The Balaban J connectivity index is 1.86. The smallest absolute Gasteiger partial charge is 0.246 e. The number of hydrogen-bond acceptors (Lipinski definition) is 3. The molecule has 0 N–H and O–H groups in total. The molecule has 5 nitrogen and oxygen atoms in total. The van der Waals surface area contributed by atoms with Gasteiger partial charge in [0.05, 0.1) is 6.54 Å². The molecule has 0 saturated heterocycles. The summed E-state index contributed by atoms with van der Waals surface area (Å²) >= 11 is 0. The maximum absolute atomic E-state index is 13.7. The minimum atomic E-state index is -0.600. The highest BCUT2D eigenvalue weighted by molar-refractivity contribution is 5.86. The van der Waals surface area contributed by atoms with Crippen LogP contribution in [0.2, 0.25) is 0 Å². The second-order valence-corrected chi connectivity index (χ2v) is 5.02. The van der Waals surface area contributed by atoms with Crippen LogP contribution in [0, 0.1) is 11.6 Å². The molecule has 0 fully saturated rings. The number of carbonyl (C=O) groups excluding carboxylic acids is 1. The molecule has 0 spiro atoms. The monoisotopic (exact) mass is 304 g/mol. The molecule has 7 heteroatoms. The van der Waals surface area contributed by atoms with Gasteiger partial charge in [-0.05, 0) is 18.2 Å². The van der Waals surface area contributed by atoms with Crippen molar-refractivity contribution in [3.8, 4) is 0 Å². The molecule has 0 bridgehead atoms. The number of aromatic nitrogens is 3. The highest BCUT2D eigenvalue weighted by Crippen LogP contribution is 2.19. The fourth-order valence-corrected chi connectivity index (χ4v) is 2.53. The highest BCUT2D eigenvalue weighted by Gasteiger charge is 2.24. The van der Waals surface area contributed by atoms with Crippen molar-refractivity contribution in [3.63, 3.8) is 0 Å². The van der Waals surface area contributed by atoms with E-state index in [0.717, 1.165) is 0 Å². The molecule has 22 heavy (non-hydrogen) atoms. The minimum Gasteiger partial charge on any atom is -0.330 e. The van der Waals surface area contributed by atoms with E-state index in [1.54, 1.807) is 9.47 Å². The lowest BCUT2D eigenvalue weighted by molar-refractivity contribution is -0.127. The van der Waals surface area contributed by atoms with Crippen molar-refractivity contribution in [1.29, 1.82) is 0 Å². The van der Waals surface area contributed by atoms with Crippen molar-refractivity contribution in [2.45, 2.75) is 19.5 Å². The van der Waals surface area contributed by atoms with Crippen molar-refractivity contribution in [2.75, 3.05) is 6.54 Å². The third-order valence-corrected chi connectivity index (χ3v) is 3.71. The van der Waals surface area contributed by atoms with Crippen molar-refractivity contribution >= 4 is 5.91 Å². The molecule has 0 saturated carbocycles. The molecule has 0 radical (unpaired) electrons. The maximum atomic E-state index is 13.7. The Morgan fingerprint density at radius 1 is 1.27 bits per heavy atom. The lowest BCUT2D eigenvalue weighted by atomic mass is 10.1. The number of nitrogens with zero attached hydrogens (tertiary/aromatic N) is 4. The average molecular weight is 304 g/mol. The summed E-state index contributed by atoms with van der Waals surface area (Å²) in [4.78, 5) is 13.2. The van der Waals surface area contributed by atoms with E-state index >= 15 is 0 Å². The van der Waals surface area contributed by atoms with E-state index in [4.69, 9.17) is 0 Å². The quantitative estimate of drug-likeness (QED) is 0.811. The summed E-state index contributed by atoms with van der Waals surface area (Å²) in [6.07, 6.45) is 1.28. The van der Waals surface area contributed by atoms with Gasteiger partial charge >= 0.3 is 0 Å². The van der Waals surface area contributed by atoms with Gasteiger partial charge in [-0.2, -0.15) is 0 Å². The zero-order valence-corrected chi connectivity index (χ0v) is 11.8. The number of carbonyl (C=O) groups is 1. The van der Waals surface area contributed by atoms with Gasteiger partial charge < -0.3 is 9.47 Å². The van der Waals surface area contributed by atoms with E-state index in [-0.39, 0.29) is 17.9 Å². The van der Waals surface area contributed by atoms with Crippen molar-refractivity contribution < 1.29 is 13.6 Å². The molecule has 114 valence electrons. The zero-order chi connectivity index (χ0) is 15.7. The molecule has 1 aromatic carbocycles. The molecule has 2 heterocycles. The molecular formula is C15H14F2N4O. The third-order valence-electron chi connectivity index (χ3n) is 3.71. The molecule has 3 rings (SSSR count). The number of amides is 1. The van der Waals surface area contributed by atoms with Gasteiger partial charge in [0, 0.05) is 25.1 Å². The Labute approximate surface area is 125 Å². The van der Waals surface area contributed by atoms with Crippen LogP contribution in [-0.4, -0.2) is 32.1 Å². The minimum absolute atomic E-state index is 0.0257. The third kappa shape index (κ3) is 2.49. The number of fused-ring (bicyclic) bond motifs is 1. The molecule has 2 aromatic rings. The van der Waals surface area contributed by atoms with Crippen LogP contribution in [0.5, 0.6) is 0 Å². The molecule has 0 atom stereocenters. The van der Waals surface area contributed by atoms with Gasteiger partial charge in [0.2, 0.25) is 5.91 Å². The van der Waals surface area contributed by atoms with Gasteiger partial charge in [0.1, 0.15) is 17.5 Å². The summed E-state index contributed by atoms with van der Waals surface area (Å²) in [5.74, 6) is -0.276. The summed E-state index contributed by atoms with van der Waals surface area (Å²) in [5, 5.41) is 8.03. The Morgan fingerprint density at radius 3 is 2.68 bits per heavy atom. The summed E-state index contributed by atoms with van der Waals surface area (Å²) in [6.45, 7) is 4.75. The first kappa shape index (κ1) is 14.4. The second kappa shape index (κ2) is 5.67. The van der Waals surface area contributed by atoms with E-state index in [9.17, 15) is 13.6 Å². The first-order chi connectivity index (χ1) is 10.6. The van der Waals surface area contributed by atoms with Crippen LogP contribution < -0.4 is 0 Å². The lowest BCUT2D eigenvalue weighted by Crippen LogP contribution is -2.37. The fraction of sp³-hybridized carbons (Fsp3) is 0.267. The number of halogens is 2. The first-order valence-electron chi connectivity index (χ1n) is 6.85. The number of benzene rings is 1. The van der Waals surface area contributed by atoms with Crippen molar-refractivity contribution in [1.82, 2.24) is 19.7 Å². The fourth-order valence-electron chi connectivity index (χ4n) is 2.53. The lowest BCUT2D eigenvalue weighted by Gasteiger charge is -2.26. The topological polar surface area (TPSA) is 51.0 Å². The van der Waals surface area contributed by atoms with Crippen LogP contribution >= 0.6 is 0 Å². The van der Waals surface area contributed by atoms with Gasteiger partial charge in [-0.25, -0.2) is 8.78 Å². The molecule has 1 amide bonds. The highest BCUT2D eigenvalue weighted by atomic mass is 19.1. The normalized spacial score (nSPS) is 13.8. The Bertz CT molecular complexity index is 721. The predicted molar refractivity (Wildman–Crippen MR) is 74.8 cm³/mol. The molecule has 0 unspecified atom stereocenters. The number of rotatable bonds is 3. The van der Waals surface area contributed by atoms with Crippen molar-refractivity contribution in [3.05, 3.63) is 59.7 Å². The summed E-state index contributed by atoms with van der Waals surface area (Å²) in [6, 6.07) is 3.76. The molecule has 1 aliphatic rings. The molecular weight excluding hydrogens is 290 g/mol. The van der Waals surface area contributed by atoms with Crippen LogP contribution in [-0.2, 0) is 24.3 Å². The van der Waals surface area contributed by atoms with Crippen LogP contribution in [0.1, 0.15) is 17.2 Å². The van der Waals surface area contributed by atoms with Gasteiger partial charge in [-0.3, -0.25) is 4.79 Å². The largest absolute Gasteiger partial charge is 0.330 e. The first-order valence-corrected chi connectivity index (χ1v) is 6.85. The summed E-state index contributed by atoms with van der Waals surface area (Å²) in [5.41, 5.74) is -0.0257. The van der Waals surface area contributed by atoms with Crippen LogP contribution in [0.25, 0.3) is 0 Å². The van der Waals surface area contributed by atoms with E-state index < -0.39 is 11.6 Å². The standard InChI is InChI=1S/C15H14F2N4O/c1-2-15(22)20-6-7-21-13(18-19-14(21)9-20)8-10-11(16)4-3-5-12(10)17/h2-5H,1,6-9H2. The maximum Gasteiger partial charge on any atom is 0.246 e. The van der Waals surface area contributed by atoms with E-state index in [0.29, 0.717) is 31.3 Å². The Hall–Kier alpha value is -2.57. The van der Waals surface area contributed by atoms with Crippen LogP contribution in [0.15, 0.2) is 30.9 Å². The Kier molecular flexibility index (Phi) is 3.70. The van der Waals surface area contributed by atoms with E-state index in [1.807, 2.05) is 0 Å². The second-order valence-electron chi connectivity index (χ2n) is 5.02. The molecule has 1 aromatic heterocycles.